The molecule has 27 heavy (non-hydrogen) atoms. The fraction of sp³-hybridized carbons (Fsp3) is 0.632. The van der Waals surface area contributed by atoms with Crippen molar-refractivity contribution in [1.82, 2.24) is 5.32 Å². The highest BCUT2D eigenvalue weighted by molar-refractivity contribution is 5.97. The van der Waals surface area contributed by atoms with Crippen molar-refractivity contribution < 1.29 is 22.9 Å². The number of amides is 1. The van der Waals surface area contributed by atoms with E-state index in [0.717, 1.165) is 38.3 Å². The van der Waals surface area contributed by atoms with Gasteiger partial charge in [-0.05, 0) is 74.8 Å². The largest absolute Gasteiger partial charge is 0.423 e. The Hall–Kier alpha value is -2.12. The number of hydrogen-bond donors (Lipinski definition) is 1. The summed E-state index contributed by atoms with van der Waals surface area (Å²) < 4.78 is 40.2. The molecule has 5 nitrogen and oxygen atoms in total. The second kappa shape index (κ2) is 5.94. The van der Waals surface area contributed by atoms with Crippen molar-refractivity contribution in [3.05, 3.63) is 38.9 Å². The Morgan fingerprint density at radius 3 is 2.11 bits per heavy atom. The Labute approximate surface area is 154 Å². The topological polar surface area (TPSA) is 72.2 Å². The quantitative estimate of drug-likeness (QED) is 0.612. The van der Waals surface area contributed by atoms with Gasteiger partial charge in [-0.15, -0.1) is 0 Å². The van der Waals surface area contributed by atoms with E-state index in [1.165, 1.54) is 19.3 Å². The van der Waals surface area contributed by atoms with Gasteiger partial charge in [-0.3, -0.25) is 14.9 Å². The van der Waals surface area contributed by atoms with Crippen molar-refractivity contribution in [2.45, 2.75) is 57.2 Å². The summed E-state index contributed by atoms with van der Waals surface area (Å²) in [5.74, 6) is 1.19. The van der Waals surface area contributed by atoms with E-state index in [0.29, 0.717) is 17.8 Å². The lowest BCUT2D eigenvalue weighted by Gasteiger charge is -2.56. The van der Waals surface area contributed by atoms with Crippen molar-refractivity contribution in [3.8, 4) is 0 Å². The SMILES string of the molecule is Cc1c(C(=O)NC23CC4CC(CC(C4)C2)C3)ccc([N+](=O)[O-])c1C(F)(F)F. The molecule has 4 bridgehead atoms. The van der Waals surface area contributed by atoms with Crippen LogP contribution in [0.5, 0.6) is 0 Å². The maximum atomic E-state index is 13.4. The lowest BCUT2D eigenvalue weighted by molar-refractivity contribution is -0.388. The summed E-state index contributed by atoms with van der Waals surface area (Å²) in [6.45, 7) is 1.13. The van der Waals surface area contributed by atoms with Crippen molar-refractivity contribution >= 4 is 11.6 Å². The normalized spacial score (nSPS) is 31.8. The molecule has 0 spiro atoms. The summed E-state index contributed by atoms with van der Waals surface area (Å²) in [6.07, 6.45) is 1.29. The van der Waals surface area contributed by atoms with Crippen LogP contribution in [0.4, 0.5) is 18.9 Å². The molecular weight excluding hydrogens is 361 g/mol. The number of nitrogens with zero attached hydrogens (tertiary/aromatic N) is 1. The van der Waals surface area contributed by atoms with E-state index in [2.05, 4.69) is 5.32 Å². The number of nitro groups is 1. The van der Waals surface area contributed by atoms with Gasteiger partial charge in [-0.2, -0.15) is 13.2 Å². The van der Waals surface area contributed by atoms with Crippen LogP contribution in [0.2, 0.25) is 0 Å². The van der Waals surface area contributed by atoms with Gasteiger partial charge >= 0.3 is 6.18 Å². The van der Waals surface area contributed by atoms with E-state index in [4.69, 9.17) is 0 Å². The third kappa shape index (κ3) is 3.08. The maximum Gasteiger partial charge on any atom is 0.423 e. The van der Waals surface area contributed by atoms with E-state index in [-0.39, 0.29) is 16.7 Å². The van der Waals surface area contributed by atoms with E-state index < -0.39 is 28.3 Å². The van der Waals surface area contributed by atoms with E-state index in [1.807, 2.05) is 0 Å². The summed E-state index contributed by atoms with van der Waals surface area (Å²) in [7, 11) is 0. The van der Waals surface area contributed by atoms with Crippen molar-refractivity contribution in [2.24, 2.45) is 17.8 Å². The fourth-order valence-electron chi connectivity index (χ4n) is 6.03. The minimum absolute atomic E-state index is 0.135. The predicted octanol–water partition coefficient (Wildman–Crippen LogP) is 4.62. The number of halogens is 3. The number of nitrogens with one attached hydrogen (secondary N) is 1. The van der Waals surface area contributed by atoms with Gasteiger partial charge < -0.3 is 5.32 Å². The summed E-state index contributed by atoms with van der Waals surface area (Å²) in [4.78, 5) is 22.8. The molecule has 4 aliphatic carbocycles. The van der Waals surface area contributed by atoms with Gasteiger partial charge in [0.05, 0.1) is 4.92 Å². The molecule has 4 aliphatic rings. The molecule has 4 fully saturated rings. The molecule has 0 radical (unpaired) electrons. The van der Waals surface area contributed by atoms with Crippen LogP contribution >= 0.6 is 0 Å². The smallest absolute Gasteiger partial charge is 0.347 e. The van der Waals surface area contributed by atoms with Gasteiger partial charge in [-0.25, -0.2) is 0 Å². The zero-order valence-electron chi connectivity index (χ0n) is 14.9. The number of rotatable bonds is 3. The highest BCUT2D eigenvalue weighted by Gasteiger charge is 2.52. The predicted molar refractivity (Wildman–Crippen MR) is 91.2 cm³/mol. The molecule has 1 aromatic rings. The first-order valence-corrected chi connectivity index (χ1v) is 9.26. The average molecular weight is 382 g/mol. The zero-order valence-corrected chi connectivity index (χ0v) is 14.9. The average Bonchev–Trinajstić information content (AvgIpc) is 2.51. The van der Waals surface area contributed by atoms with Gasteiger partial charge in [0, 0.05) is 17.2 Å². The molecule has 5 rings (SSSR count). The highest BCUT2D eigenvalue weighted by atomic mass is 19.4. The summed E-state index contributed by atoms with van der Waals surface area (Å²) in [6, 6.07) is 1.92. The minimum atomic E-state index is -4.90. The van der Waals surface area contributed by atoms with Crippen LogP contribution in [0.1, 0.15) is 60.0 Å². The summed E-state index contributed by atoms with van der Waals surface area (Å²) in [5.41, 5.74) is -3.22. The molecular formula is C19H21F3N2O3. The first-order chi connectivity index (χ1) is 12.6. The van der Waals surface area contributed by atoms with E-state index in [1.54, 1.807) is 0 Å². The Morgan fingerprint density at radius 2 is 1.67 bits per heavy atom. The number of nitro benzene ring substituents is 1. The summed E-state index contributed by atoms with van der Waals surface area (Å²) in [5, 5.41) is 14.0. The van der Waals surface area contributed by atoms with Crippen LogP contribution in [0, 0.1) is 34.8 Å². The van der Waals surface area contributed by atoms with Crippen molar-refractivity contribution in [2.75, 3.05) is 0 Å². The molecule has 0 unspecified atom stereocenters. The molecule has 0 aliphatic heterocycles. The molecule has 8 heteroatoms. The molecule has 1 amide bonds. The third-order valence-corrected chi connectivity index (χ3v) is 6.58. The first kappa shape index (κ1) is 18.3. The minimum Gasteiger partial charge on any atom is -0.347 e. The summed E-state index contributed by atoms with van der Waals surface area (Å²) >= 11 is 0. The Kier molecular flexibility index (Phi) is 4.01. The Balaban J connectivity index is 1.66. The van der Waals surface area contributed by atoms with Crippen LogP contribution in [-0.2, 0) is 6.18 Å². The second-order valence-corrected chi connectivity index (χ2v) is 8.54. The number of hydrogen-bond acceptors (Lipinski definition) is 3. The second-order valence-electron chi connectivity index (χ2n) is 8.54. The lowest BCUT2D eigenvalue weighted by Crippen LogP contribution is -2.59. The number of carbonyl (C=O) groups is 1. The van der Waals surface area contributed by atoms with Crippen LogP contribution in [0.3, 0.4) is 0 Å². The number of carbonyl (C=O) groups excluding carboxylic acids is 1. The monoisotopic (exact) mass is 382 g/mol. The van der Waals surface area contributed by atoms with Crippen LogP contribution in [0.15, 0.2) is 12.1 Å². The molecule has 0 heterocycles. The van der Waals surface area contributed by atoms with Gasteiger partial charge in [0.2, 0.25) is 0 Å². The Morgan fingerprint density at radius 1 is 1.15 bits per heavy atom. The molecule has 0 aromatic heterocycles. The van der Waals surface area contributed by atoms with Gasteiger partial charge in [0.15, 0.2) is 0 Å². The zero-order chi connectivity index (χ0) is 19.6. The van der Waals surface area contributed by atoms with E-state index in [9.17, 15) is 28.1 Å². The maximum absolute atomic E-state index is 13.4. The van der Waals surface area contributed by atoms with Crippen molar-refractivity contribution in [3.63, 3.8) is 0 Å². The fourth-order valence-corrected chi connectivity index (χ4v) is 6.03. The Bertz CT molecular complexity index is 784. The van der Waals surface area contributed by atoms with Crippen molar-refractivity contribution in [1.29, 1.82) is 0 Å². The molecule has 0 atom stereocenters. The molecule has 4 saturated carbocycles. The number of alkyl halides is 3. The molecule has 0 saturated heterocycles. The van der Waals surface area contributed by atoms with Crippen LogP contribution in [0.25, 0.3) is 0 Å². The van der Waals surface area contributed by atoms with Crippen LogP contribution < -0.4 is 5.32 Å². The molecule has 1 N–H and O–H groups in total. The standard InChI is InChI=1S/C19H21F3N2O3/c1-10-14(2-3-15(24(26)27)16(10)19(20,21)22)17(25)23-18-7-11-4-12(8-18)6-13(5-11)9-18/h2-3,11-13H,4-9H2,1H3,(H,23,25). The van der Waals surface area contributed by atoms with Gasteiger partial charge in [-0.1, -0.05) is 0 Å². The van der Waals surface area contributed by atoms with Crippen LogP contribution in [-0.4, -0.2) is 16.4 Å². The first-order valence-electron chi connectivity index (χ1n) is 9.26. The highest BCUT2D eigenvalue weighted by Crippen LogP contribution is 2.55. The van der Waals surface area contributed by atoms with Gasteiger partial charge in [0.25, 0.3) is 11.6 Å². The number of benzene rings is 1. The molecule has 1 aromatic carbocycles. The lowest BCUT2D eigenvalue weighted by atomic mass is 9.53. The van der Waals surface area contributed by atoms with E-state index >= 15 is 0 Å². The van der Waals surface area contributed by atoms with Gasteiger partial charge in [0.1, 0.15) is 5.56 Å². The molecule has 146 valence electrons. The third-order valence-electron chi connectivity index (χ3n) is 6.58.